The van der Waals surface area contributed by atoms with Gasteiger partial charge in [0, 0.05) is 12.5 Å². The van der Waals surface area contributed by atoms with Gasteiger partial charge in [0.1, 0.15) is 6.04 Å². The highest BCUT2D eigenvalue weighted by molar-refractivity contribution is 5.99. The first-order chi connectivity index (χ1) is 11.0. The van der Waals surface area contributed by atoms with E-state index in [-0.39, 0.29) is 24.2 Å². The third-order valence-corrected chi connectivity index (χ3v) is 4.50. The van der Waals surface area contributed by atoms with Crippen molar-refractivity contribution in [1.29, 1.82) is 0 Å². The van der Waals surface area contributed by atoms with Crippen LogP contribution in [0.15, 0.2) is 30.3 Å². The minimum atomic E-state index is -1.02. The Bertz CT molecular complexity index is 564. The van der Waals surface area contributed by atoms with Crippen molar-refractivity contribution in [2.75, 3.05) is 6.54 Å². The molecule has 1 unspecified atom stereocenters. The molecule has 0 spiro atoms. The molecule has 1 aliphatic rings. The van der Waals surface area contributed by atoms with Crippen LogP contribution in [0.1, 0.15) is 49.4 Å². The molecule has 5 nitrogen and oxygen atoms in total. The Morgan fingerprint density at radius 2 is 1.74 bits per heavy atom. The molecule has 1 aromatic rings. The molecule has 1 aliphatic carbocycles. The zero-order chi connectivity index (χ0) is 16.8. The van der Waals surface area contributed by atoms with Crippen LogP contribution in [-0.2, 0) is 9.59 Å². The maximum atomic E-state index is 12.4. The van der Waals surface area contributed by atoms with Crippen LogP contribution < -0.4 is 0 Å². The first kappa shape index (κ1) is 17.2. The topological polar surface area (TPSA) is 74.7 Å². The van der Waals surface area contributed by atoms with Gasteiger partial charge in [0.05, 0.1) is 6.54 Å². The highest BCUT2D eigenvalue weighted by Crippen LogP contribution is 2.29. The number of carboxylic acid groups (broad SMARTS) is 1. The number of nitrogens with zero attached hydrogens (tertiary/aromatic N) is 1. The smallest absolute Gasteiger partial charge is 0.326 e. The van der Waals surface area contributed by atoms with E-state index < -0.39 is 12.0 Å². The van der Waals surface area contributed by atoms with E-state index in [1.54, 1.807) is 24.3 Å². The summed E-state index contributed by atoms with van der Waals surface area (Å²) in [6.07, 6.45) is 4.64. The van der Waals surface area contributed by atoms with E-state index in [1.807, 2.05) is 6.07 Å². The van der Waals surface area contributed by atoms with Crippen LogP contribution in [0, 0.1) is 5.92 Å². The van der Waals surface area contributed by atoms with Crippen LogP contribution in [0.3, 0.4) is 0 Å². The Labute approximate surface area is 136 Å². The number of hydrogen-bond donors (Lipinski definition) is 1. The molecule has 0 heterocycles. The average molecular weight is 317 g/mol. The maximum Gasteiger partial charge on any atom is 0.326 e. The lowest BCUT2D eigenvalue weighted by molar-refractivity contribution is -0.152. The van der Waals surface area contributed by atoms with Gasteiger partial charge in [0.25, 0.3) is 0 Å². The molecule has 23 heavy (non-hydrogen) atoms. The van der Waals surface area contributed by atoms with E-state index in [0.29, 0.717) is 5.56 Å². The largest absolute Gasteiger partial charge is 0.480 e. The molecule has 1 saturated carbocycles. The Hall–Kier alpha value is -2.17. The number of rotatable bonds is 6. The van der Waals surface area contributed by atoms with Crippen LogP contribution in [0.5, 0.6) is 0 Å². The zero-order valence-corrected chi connectivity index (χ0v) is 13.4. The first-order valence-corrected chi connectivity index (χ1v) is 8.09. The number of carboxylic acids is 1. The monoisotopic (exact) mass is 317 g/mol. The lowest BCUT2D eigenvalue weighted by Crippen LogP contribution is -2.51. The van der Waals surface area contributed by atoms with Crippen LogP contribution in [0.4, 0.5) is 0 Å². The lowest BCUT2D eigenvalue weighted by Gasteiger charge is -2.35. The van der Waals surface area contributed by atoms with Crippen LogP contribution in [-0.4, -0.2) is 40.3 Å². The summed E-state index contributed by atoms with van der Waals surface area (Å²) in [5.41, 5.74) is 0.492. The number of aliphatic carboxylic acids is 1. The van der Waals surface area contributed by atoms with E-state index in [2.05, 4.69) is 0 Å². The third kappa shape index (κ3) is 4.41. The number of carbonyl (C=O) groups is 3. The third-order valence-electron chi connectivity index (χ3n) is 4.50. The molecular formula is C18H23NO4. The molecule has 124 valence electrons. The van der Waals surface area contributed by atoms with Crippen LogP contribution >= 0.6 is 0 Å². The second-order valence-corrected chi connectivity index (χ2v) is 6.12. The normalized spacial score (nSPS) is 16.6. The molecule has 1 amide bonds. The summed E-state index contributed by atoms with van der Waals surface area (Å²) in [7, 11) is 0. The van der Waals surface area contributed by atoms with E-state index in [1.165, 1.54) is 11.8 Å². The first-order valence-electron chi connectivity index (χ1n) is 8.09. The van der Waals surface area contributed by atoms with Crippen molar-refractivity contribution in [2.24, 2.45) is 5.92 Å². The lowest BCUT2D eigenvalue weighted by atomic mass is 9.83. The standard InChI is InChI=1S/C18H23NO4/c1-13(20)19(12-16(21)14-8-4-2-5-9-14)17(18(22)23)15-10-6-3-7-11-15/h2,4-5,8-9,15,17H,3,6-7,10-12H2,1H3,(H,22,23). The number of ketones is 1. The fourth-order valence-corrected chi connectivity index (χ4v) is 3.31. The fourth-order valence-electron chi connectivity index (χ4n) is 3.31. The number of hydrogen-bond acceptors (Lipinski definition) is 3. The van der Waals surface area contributed by atoms with E-state index in [0.717, 1.165) is 32.1 Å². The number of benzene rings is 1. The number of amides is 1. The minimum Gasteiger partial charge on any atom is -0.480 e. The molecule has 1 aromatic carbocycles. The number of carbonyl (C=O) groups excluding carboxylic acids is 2. The second-order valence-electron chi connectivity index (χ2n) is 6.12. The molecule has 1 fully saturated rings. The van der Waals surface area contributed by atoms with Gasteiger partial charge >= 0.3 is 5.97 Å². The van der Waals surface area contributed by atoms with Crippen molar-refractivity contribution in [3.05, 3.63) is 35.9 Å². The SMILES string of the molecule is CC(=O)N(CC(=O)c1ccccc1)C(C(=O)O)C1CCCCC1. The van der Waals surface area contributed by atoms with Gasteiger partial charge in [0.15, 0.2) is 5.78 Å². The Morgan fingerprint density at radius 1 is 1.13 bits per heavy atom. The van der Waals surface area contributed by atoms with Gasteiger partial charge < -0.3 is 10.0 Å². The quantitative estimate of drug-likeness (QED) is 0.819. The van der Waals surface area contributed by atoms with Crippen LogP contribution in [0.25, 0.3) is 0 Å². The second kappa shape index (κ2) is 7.90. The number of Topliss-reactive ketones (excluding diaryl/α,β-unsaturated/α-hetero) is 1. The fraction of sp³-hybridized carbons (Fsp3) is 0.500. The average Bonchev–Trinajstić information content (AvgIpc) is 2.55. The van der Waals surface area contributed by atoms with Crippen molar-refractivity contribution in [3.63, 3.8) is 0 Å². The predicted molar refractivity (Wildman–Crippen MR) is 86.2 cm³/mol. The molecule has 5 heteroatoms. The Kier molecular flexibility index (Phi) is 5.90. The van der Waals surface area contributed by atoms with Crippen molar-refractivity contribution >= 4 is 17.7 Å². The highest BCUT2D eigenvalue weighted by Gasteiger charge is 2.36. The van der Waals surface area contributed by atoms with Gasteiger partial charge in [-0.3, -0.25) is 9.59 Å². The molecule has 0 saturated heterocycles. The van der Waals surface area contributed by atoms with E-state index >= 15 is 0 Å². The van der Waals surface area contributed by atoms with Crippen molar-refractivity contribution in [1.82, 2.24) is 4.90 Å². The van der Waals surface area contributed by atoms with E-state index in [9.17, 15) is 19.5 Å². The molecule has 1 atom stereocenters. The maximum absolute atomic E-state index is 12.4. The van der Waals surface area contributed by atoms with Gasteiger partial charge in [-0.1, -0.05) is 49.6 Å². The molecule has 0 aromatic heterocycles. The van der Waals surface area contributed by atoms with Gasteiger partial charge in [0.2, 0.25) is 5.91 Å². The van der Waals surface area contributed by atoms with E-state index in [4.69, 9.17) is 0 Å². The van der Waals surface area contributed by atoms with Crippen LogP contribution in [0.2, 0.25) is 0 Å². The summed E-state index contributed by atoms with van der Waals surface area (Å²) in [6.45, 7) is 1.14. The van der Waals surface area contributed by atoms with Crippen molar-refractivity contribution in [3.8, 4) is 0 Å². The molecule has 1 N–H and O–H groups in total. The molecular weight excluding hydrogens is 294 g/mol. The summed E-state index contributed by atoms with van der Waals surface area (Å²) >= 11 is 0. The van der Waals surface area contributed by atoms with Gasteiger partial charge in [-0.25, -0.2) is 4.79 Å². The van der Waals surface area contributed by atoms with Gasteiger partial charge in [-0.2, -0.15) is 0 Å². The van der Waals surface area contributed by atoms with Gasteiger partial charge in [-0.05, 0) is 18.8 Å². The molecule has 2 rings (SSSR count). The highest BCUT2D eigenvalue weighted by atomic mass is 16.4. The minimum absolute atomic E-state index is 0.0753. The zero-order valence-electron chi connectivity index (χ0n) is 13.4. The summed E-state index contributed by atoms with van der Waals surface area (Å²) in [6, 6.07) is 7.75. The van der Waals surface area contributed by atoms with Gasteiger partial charge in [-0.15, -0.1) is 0 Å². The summed E-state index contributed by atoms with van der Waals surface area (Å²) in [4.78, 5) is 37.4. The van der Waals surface area contributed by atoms with Crippen molar-refractivity contribution in [2.45, 2.75) is 45.1 Å². The predicted octanol–water partition coefficient (Wildman–Crippen LogP) is 2.75. The molecule has 0 bridgehead atoms. The Morgan fingerprint density at radius 3 is 2.26 bits per heavy atom. The molecule has 0 aliphatic heterocycles. The molecule has 0 radical (unpaired) electrons. The summed E-state index contributed by atoms with van der Waals surface area (Å²) < 4.78 is 0. The van der Waals surface area contributed by atoms with Crippen molar-refractivity contribution < 1.29 is 19.5 Å². The Balaban J connectivity index is 2.19. The summed E-state index contributed by atoms with van der Waals surface area (Å²) in [5.74, 6) is -1.70. The summed E-state index contributed by atoms with van der Waals surface area (Å²) in [5, 5.41) is 9.62.